The summed E-state index contributed by atoms with van der Waals surface area (Å²) in [5.74, 6) is -1.63. The molecule has 0 bridgehead atoms. The van der Waals surface area contributed by atoms with Crippen molar-refractivity contribution in [2.45, 2.75) is 12.1 Å². The minimum absolute atomic E-state index is 0.512. The van der Waals surface area contributed by atoms with Crippen LogP contribution in [0.25, 0.3) is 0 Å². The van der Waals surface area contributed by atoms with E-state index in [9.17, 15) is 9.59 Å². The number of ketones is 1. The summed E-state index contributed by atoms with van der Waals surface area (Å²) >= 11 is 0. The summed E-state index contributed by atoms with van der Waals surface area (Å²) in [7, 11) is 2.80. The number of nitrogens with zero attached hydrogens (tertiary/aromatic N) is 1. The number of ether oxygens (including phenoxy) is 2. The van der Waals surface area contributed by atoms with Crippen molar-refractivity contribution in [1.82, 2.24) is 0 Å². The SMILES string of the molecule is COC(=O)C(=O)[C@@H]1[C@@H](c2ccccc2)N(c2ccccc2)O[C@H]1c1ccc(OC)cc1. The van der Waals surface area contributed by atoms with Crippen LogP contribution in [-0.4, -0.2) is 26.0 Å². The van der Waals surface area contributed by atoms with Crippen LogP contribution < -0.4 is 9.80 Å². The number of rotatable bonds is 6. The van der Waals surface area contributed by atoms with Gasteiger partial charge in [0, 0.05) is 0 Å². The molecule has 0 N–H and O–H groups in total. The van der Waals surface area contributed by atoms with Gasteiger partial charge in [-0.2, -0.15) is 0 Å². The summed E-state index contributed by atoms with van der Waals surface area (Å²) in [6.45, 7) is 0. The molecule has 0 spiro atoms. The smallest absolute Gasteiger partial charge is 0.374 e. The minimum atomic E-state index is -0.886. The topological polar surface area (TPSA) is 65.1 Å². The van der Waals surface area contributed by atoms with Crippen LogP contribution >= 0.6 is 0 Å². The van der Waals surface area contributed by atoms with E-state index < -0.39 is 29.8 Å². The van der Waals surface area contributed by atoms with E-state index in [4.69, 9.17) is 14.3 Å². The van der Waals surface area contributed by atoms with E-state index in [-0.39, 0.29) is 0 Å². The van der Waals surface area contributed by atoms with Crippen molar-refractivity contribution < 1.29 is 23.9 Å². The third-order valence-electron chi connectivity index (χ3n) is 5.43. The molecule has 0 saturated carbocycles. The summed E-state index contributed by atoms with van der Waals surface area (Å²) < 4.78 is 10.0. The van der Waals surface area contributed by atoms with Crippen LogP contribution in [0.2, 0.25) is 0 Å². The highest BCUT2D eigenvalue weighted by molar-refractivity contribution is 6.34. The zero-order valence-electron chi connectivity index (χ0n) is 17.3. The van der Waals surface area contributed by atoms with Gasteiger partial charge in [0.05, 0.1) is 31.9 Å². The van der Waals surface area contributed by atoms with Gasteiger partial charge < -0.3 is 9.47 Å². The molecular weight excluding hydrogens is 394 g/mol. The Labute approximate surface area is 180 Å². The predicted molar refractivity (Wildman–Crippen MR) is 115 cm³/mol. The number of Topliss-reactive ketones (excluding diaryl/α,β-unsaturated/α-hetero) is 1. The van der Waals surface area contributed by atoms with Gasteiger partial charge in [-0.05, 0) is 35.4 Å². The number of methoxy groups -OCH3 is 2. The van der Waals surface area contributed by atoms with Gasteiger partial charge in [-0.15, -0.1) is 0 Å². The van der Waals surface area contributed by atoms with Gasteiger partial charge >= 0.3 is 5.97 Å². The van der Waals surface area contributed by atoms with Gasteiger partial charge in [-0.25, -0.2) is 9.86 Å². The van der Waals surface area contributed by atoms with Crippen molar-refractivity contribution in [2.75, 3.05) is 19.3 Å². The molecule has 1 heterocycles. The number of benzene rings is 3. The van der Waals surface area contributed by atoms with Crippen LogP contribution in [0.1, 0.15) is 23.3 Å². The first-order valence-electron chi connectivity index (χ1n) is 9.96. The van der Waals surface area contributed by atoms with Crippen molar-refractivity contribution in [2.24, 2.45) is 5.92 Å². The number of esters is 1. The summed E-state index contributed by atoms with van der Waals surface area (Å²) in [5.41, 5.74) is 2.42. The molecule has 3 atom stereocenters. The maximum absolute atomic E-state index is 13.2. The molecule has 4 rings (SSSR count). The Morgan fingerprint density at radius 3 is 2.00 bits per heavy atom. The van der Waals surface area contributed by atoms with Crippen LogP contribution in [0, 0.1) is 5.92 Å². The molecule has 3 aromatic rings. The lowest BCUT2D eigenvalue weighted by Gasteiger charge is -2.26. The highest BCUT2D eigenvalue weighted by Gasteiger charge is 2.51. The molecule has 0 unspecified atom stereocenters. The quantitative estimate of drug-likeness (QED) is 0.440. The number of hydrogen-bond donors (Lipinski definition) is 0. The van der Waals surface area contributed by atoms with E-state index in [2.05, 4.69) is 0 Å². The van der Waals surface area contributed by atoms with Gasteiger partial charge in [0.15, 0.2) is 0 Å². The van der Waals surface area contributed by atoms with E-state index in [1.807, 2.05) is 72.8 Å². The fourth-order valence-corrected chi connectivity index (χ4v) is 3.93. The Kier molecular flexibility index (Phi) is 6.00. The van der Waals surface area contributed by atoms with E-state index in [1.165, 1.54) is 7.11 Å². The molecule has 31 heavy (non-hydrogen) atoms. The lowest BCUT2D eigenvalue weighted by molar-refractivity contribution is -0.154. The molecule has 0 aromatic heterocycles. The first-order valence-corrected chi connectivity index (χ1v) is 9.96. The van der Waals surface area contributed by atoms with Crippen LogP contribution in [0.15, 0.2) is 84.9 Å². The summed E-state index contributed by atoms with van der Waals surface area (Å²) in [6.07, 6.45) is -0.678. The van der Waals surface area contributed by atoms with Crippen LogP contribution in [0.5, 0.6) is 5.75 Å². The predicted octanol–water partition coefficient (Wildman–Crippen LogP) is 4.29. The zero-order chi connectivity index (χ0) is 21.8. The second-order valence-corrected chi connectivity index (χ2v) is 7.20. The molecule has 1 aliphatic heterocycles. The van der Waals surface area contributed by atoms with Gasteiger partial charge in [-0.3, -0.25) is 9.63 Å². The number of carbonyl (C=O) groups excluding carboxylic acids is 2. The first-order chi connectivity index (χ1) is 15.1. The Bertz CT molecular complexity index is 1040. The van der Waals surface area contributed by atoms with Gasteiger partial charge in [0.1, 0.15) is 11.9 Å². The minimum Gasteiger partial charge on any atom is -0.497 e. The largest absolute Gasteiger partial charge is 0.497 e. The molecule has 1 saturated heterocycles. The number of carbonyl (C=O) groups is 2. The number of anilines is 1. The molecule has 158 valence electrons. The van der Waals surface area contributed by atoms with Gasteiger partial charge in [-0.1, -0.05) is 60.7 Å². The van der Waals surface area contributed by atoms with E-state index in [1.54, 1.807) is 24.3 Å². The standard InChI is InChI=1S/C25H23NO5/c1-29-20-15-13-18(14-16-20)24-21(23(27)25(28)30-2)22(17-9-5-3-6-10-17)26(31-24)19-11-7-4-8-12-19/h3-16,21-22,24H,1-2H3/t21-,22+,24-/m0/s1. The van der Waals surface area contributed by atoms with Gasteiger partial charge in [0.25, 0.3) is 0 Å². The van der Waals surface area contributed by atoms with Crippen molar-refractivity contribution in [3.63, 3.8) is 0 Å². The molecule has 1 fully saturated rings. The summed E-state index contributed by atoms with van der Waals surface area (Å²) in [5, 5.41) is 1.72. The summed E-state index contributed by atoms with van der Waals surface area (Å²) in [6, 6.07) is 25.9. The normalized spacial score (nSPS) is 20.3. The number of hydroxylamine groups is 1. The maximum Gasteiger partial charge on any atom is 0.374 e. The fraction of sp³-hybridized carbons (Fsp3) is 0.200. The molecule has 0 amide bonds. The van der Waals surface area contributed by atoms with Crippen molar-refractivity contribution in [1.29, 1.82) is 0 Å². The molecule has 6 nitrogen and oxygen atoms in total. The Balaban J connectivity index is 1.85. The Hall–Kier alpha value is -3.64. The highest BCUT2D eigenvalue weighted by Crippen LogP contribution is 2.49. The fourth-order valence-electron chi connectivity index (χ4n) is 3.93. The number of hydrogen-bond acceptors (Lipinski definition) is 6. The van der Waals surface area contributed by atoms with Gasteiger partial charge in [0.2, 0.25) is 5.78 Å². The number of para-hydroxylation sites is 1. The average molecular weight is 417 g/mol. The molecule has 0 aliphatic carbocycles. The van der Waals surface area contributed by atoms with Crippen LogP contribution in [-0.2, 0) is 19.2 Å². The second-order valence-electron chi connectivity index (χ2n) is 7.20. The molecule has 0 radical (unpaired) electrons. The molecule has 6 heteroatoms. The average Bonchev–Trinajstić information content (AvgIpc) is 3.24. The second kappa shape index (κ2) is 9.02. The molecular formula is C25H23NO5. The Morgan fingerprint density at radius 1 is 0.806 bits per heavy atom. The van der Waals surface area contributed by atoms with E-state index in [0.29, 0.717) is 5.75 Å². The first kappa shape index (κ1) is 20.6. The van der Waals surface area contributed by atoms with Crippen molar-refractivity contribution >= 4 is 17.4 Å². The van der Waals surface area contributed by atoms with Crippen molar-refractivity contribution in [3.8, 4) is 5.75 Å². The monoisotopic (exact) mass is 417 g/mol. The third-order valence-corrected chi connectivity index (χ3v) is 5.43. The lowest BCUT2D eigenvalue weighted by atomic mass is 9.83. The Morgan fingerprint density at radius 2 is 1.42 bits per heavy atom. The molecule has 3 aromatic carbocycles. The lowest BCUT2D eigenvalue weighted by Crippen LogP contribution is -2.33. The maximum atomic E-state index is 13.2. The highest BCUT2D eigenvalue weighted by atomic mass is 16.7. The van der Waals surface area contributed by atoms with Crippen LogP contribution in [0.4, 0.5) is 5.69 Å². The van der Waals surface area contributed by atoms with E-state index in [0.717, 1.165) is 16.8 Å². The molecule has 1 aliphatic rings. The zero-order valence-corrected chi connectivity index (χ0v) is 17.3. The third kappa shape index (κ3) is 4.02. The van der Waals surface area contributed by atoms with Crippen LogP contribution in [0.3, 0.4) is 0 Å². The van der Waals surface area contributed by atoms with Crippen molar-refractivity contribution in [3.05, 3.63) is 96.1 Å². The van der Waals surface area contributed by atoms with E-state index >= 15 is 0 Å². The summed E-state index contributed by atoms with van der Waals surface area (Å²) in [4.78, 5) is 31.9.